The van der Waals surface area contributed by atoms with Crippen LogP contribution in [0, 0.1) is 0 Å². The molecule has 0 bridgehead atoms. The Kier molecular flexibility index (Phi) is 5.48. The summed E-state index contributed by atoms with van der Waals surface area (Å²) < 4.78 is 0. The second-order valence-electron chi connectivity index (χ2n) is 4.30. The van der Waals surface area contributed by atoms with Gasteiger partial charge in [-0.1, -0.05) is 0 Å². The lowest BCUT2D eigenvalue weighted by Gasteiger charge is -2.42. The van der Waals surface area contributed by atoms with Crippen molar-refractivity contribution in [1.82, 2.24) is 10.2 Å². The summed E-state index contributed by atoms with van der Waals surface area (Å²) in [5.41, 5.74) is 5.37. The molecule has 1 rings (SSSR count). The molecule has 0 spiro atoms. The number of piperidine rings is 1. The van der Waals surface area contributed by atoms with Crippen molar-refractivity contribution >= 4 is 11.9 Å². The maximum Gasteiger partial charge on any atom is 0.244 e. The van der Waals surface area contributed by atoms with Crippen molar-refractivity contribution < 1.29 is 25.2 Å². The van der Waals surface area contributed by atoms with Crippen LogP contribution in [0.5, 0.6) is 0 Å². The molecule has 1 amide bonds. The zero-order chi connectivity index (χ0) is 14.6. The monoisotopic (exact) mass is 276 g/mol. The molecule has 0 aromatic rings. The smallest absolute Gasteiger partial charge is 0.244 e. The molecule has 1 heterocycles. The second-order valence-corrected chi connectivity index (χ2v) is 4.30. The van der Waals surface area contributed by atoms with Crippen molar-refractivity contribution in [3.63, 3.8) is 0 Å². The predicted molar refractivity (Wildman–Crippen MR) is 66.2 cm³/mol. The van der Waals surface area contributed by atoms with Crippen LogP contribution in [-0.2, 0) is 4.79 Å². The lowest BCUT2D eigenvalue weighted by Crippen LogP contribution is -2.64. The zero-order valence-corrected chi connectivity index (χ0v) is 10.6. The minimum Gasteiger partial charge on any atom is -0.394 e. The number of carbonyl (C=O) groups is 1. The average Bonchev–Trinajstić information content (AvgIpc) is 2.41. The predicted octanol–water partition coefficient (Wildman–Crippen LogP) is -4.19. The van der Waals surface area contributed by atoms with E-state index in [1.54, 1.807) is 7.05 Å². The van der Waals surface area contributed by atoms with Crippen LogP contribution in [0.2, 0.25) is 0 Å². The van der Waals surface area contributed by atoms with Gasteiger partial charge >= 0.3 is 0 Å². The number of aliphatic hydroxyl groups is 4. The fraction of sp³-hybridized carbons (Fsp3) is 0.800. The number of rotatable bonds is 3. The lowest BCUT2D eigenvalue weighted by atomic mass is 9.94. The normalized spacial score (nSPS) is 32.3. The van der Waals surface area contributed by atoms with E-state index in [0.717, 1.165) is 4.90 Å². The first-order valence-electron chi connectivity index (χ1n) is 5.84. The van der Waals surface area contributed by atoms with Gasteiger partial charge in [0.15, 0.2) is 5.96 Å². The van der Waals surface area contributed by atoms with Crippen LogP contribution in [0.25, 0.3) is 0 Å². The number of amides is 1. The molecule has 0 saturated carbocycles. The average molecular weight is 276 g/mol. The van der Waals surface area contributed by atoms with Crippen molar-refractivity contribution in [2.45, 2.75) is 24.4 Å². The summed E-state index contributed by atoms with van der Waals surface area (Å²) in [6, 6.07) is -0.975. The number of hydrogen-bond donors (Lipinski definition) is 6. The molecule has 0 radical (unpaired) electrons. The number of aliphatic imine (C=N–C) groups is 1. The Balaban J connectivity index is 2.76. The first kappa shape index (κ1) is 15.6. The van der Waals surface area contributed by atoms with Gasteiger partial charge in [-0.05, 0) is 0 Å². The highest BCUT2D eigenvalue weighted by molar-refractivity contribution is 5.84. The van der Waals surface area contributed by atoms with Gasteiger partial charge in [0.1, 0.15) is 24.9 Å². The van der Waals surface area contributed by atoms with Gasteiger partial charge in [-0.2, -0.15) is 0 Å². The van der Waals surface area contributed by atoms with Crippen molar-refractivity contribution in [2.24, 2.45) is 10.7 Å². The molecule has 1 fully saturated rings. The molecule has 19 heavy (non-hydrogen) atoms. The Morgan fingerprint density at radius 1 is 1.42 bits per heavy atom. The minimum atomic E-state index is -1.41. The molecule has 1 unspecified atom stereocenters. The molecule has 110 valence electrons. The standard InChI is InChI=1S/C10H20N4O5/c1-12-10(11)13-2-7(17)14-3-6(16)9(19)8(18)5(14)4-15/h5-6,8-9,15-16,18-19H,2-4H2,1H3,(H3,11,12,13)/t5?,6-,8-,9+/m0/s1. The summed E-state index contributed by atoms with van der Waals surface area (Å²) in [6.45, 7) is -0.988. The summed E-state index contributed by atoms with van der Waals surface area (Å²) in [6.07, 6.45) is -4.08. The van der Waals surface area contributed by atoms with E-state index in [9.17, 15) is 25.2 Å². The molecule has 9 heteroatoms. The molecule has 1 aliphatic rings. The second kappa shape index (κ2) is 6.66. The fourth-order valence-electron chi connectivity index (χ4n) is 1.90. The van der Waals surface area contributed by atoms with Gasteiger partial charge in [-0.25, -0.2) is 4.99 Å². The van der Waals surface area contributed by atoms with Crippen molar-refractivity contribution in [2.75, 3.05) is 26.7 Å². The molecule has 1 aliphatic heterocycles. The molecule has 0 aromatic carbocycles. The number of nitrogens with zero attached hydrogens (tertiary/aromatic N) is 2. The quantitative estimate of drug-likeness (QED) is 0.226. The van der Waals surface area contributed by atoms with Crippen LogP contribution in [0.4, 0.5) is 0 Å². The number of aliphatic hydroxyl groups excluding tert-OH is 4. The Labute approximate surface area is 110 Å². The fourth-order valence-corrected chi connectivity index (χ4v) is 1.90. The molecular formula is C10H20N4O5. The minimum absolute atomic E-state index is 0.0760. The van der Waals surface area contributed by atoms with E-state index < -0.39 is 36.9 Å². The number of β-amino-alcohol motifs (C(OH)–C–C–N with tert-alkyl or cyclic N) is 1. The third-order valence-electron chi connectivity index (χ3n) is 3.07. The Hall–Kier alpha value is -1.42. The van der Waals surface area contributed by atoms with Gasteiger partial charge in [0.25, 0.3) is 0 Å². The molecule has 7 N–H and O–H groups in total. The maximum atomic E-state index is 11.9. The topological polar surface area (TPSA) is 152 Å². The number of guanidine groups is 1. The highest BCUT2D eigenvalue weighted by Gasteiger charge is 2.42. The summed E-state index contributed by atoms with van der Waals surface area (Å²) in [5.74, 6) is -0.436. The van der Waals surface area contributed by atoms with Crippen molar-refractivity contribution in [3.05, 3.63) is 0 Å². The molecule has 9 nitrogen and oxygen atoms in total. The highest BCUT2D eigenvalue weighted by Crippen LogP contribution is 2.19. The first-order valence-corrected chi connectivity index (χ1v) is 5.84. The van der Waals surface area contributed by atoms with Crippen molar-refractivity contribution in [1.29, 1.82) is 0 Å². The Morgan fingerprint density at radius 2 is 2.05 bits per heavy atom. The van der Waals surface area contributed by atoms with E-state index in [1.807, 2.05) is 0 Å². The lowest BCUT2D eigenvalue weighted by molar-refractivity contribution is -0.165. The first-order chi connectivity index (χ1) is 8.92. The number of nitrogens with two attached hydrogens (primary N) is 1. The third kappa shape index (κ3) is 3.53. The van der Waals surface area contributed by atoms with Gasteiger partial charge in [-0.3, -0.25) is 4.79 Å². The van der Waals surface area contributed by atoms with Crippen LogP contribution in [0.1, 0.15) is 0 Å². The number of likely N-dealkylation sites (tertiary alicyclic amines) is 1. The van der Waals surface area contributed by atoms with E-state index in [1.165, 1.54) is 0 Å². The van der Waals surface area contributed by atoms with Crippen LogP contribution in [0.3, 0.4) is 0 Å². The van der Waals surface area contributed by atoms with E-state index >= 15 is 0 Å². The van der Waals surface area contributed by atoms with E-state index in [4.69, 9.17) is 5.73 Å². The number of nitrogens with one attached hydrogen (secondary N) is 1. The molecule has 0 aromatic heterocycles. The SMILES string of the molecule is CNC(N)=NCC(=O)N1C[C@H](O)[C@@H](O)[C@@H](O)C1CO. The molecule has 1 saturated heterocycles. The number of carbonyl (C=O) groups excluding carboxylic acids is 1. The van der Waals surface area contributed by atoms with Crippen LogP contribution < -0.4 is 11.1 Å². The molecule has 0 aliphatic carbocycles. The van der Waals surface area contributed by atoms with Crippen LogP contribution in [-0.4, -0.2) is 88.3 Å². The van der Waals surface area contributed by atoms with Gasteiger partial charge in [-0.15, -0.1) is 0 Å². The van der Waals surface area contributed by atoms with Crippen molar-refractivity contribution in [3.8, 4) is 0 Å². The highest BCUT2D eigenvalue weighted by atomic mass is 16.4. The van der Waals surface area contributed by atoms with E-state index in [2.05, 4.69) is 10.3 Å². The van der Waals surface area contributed by atoms with Crippen LogP contribution >= 0.6 is 0 Å². The molecular weight excluding hydrogens is 256 g/mol. The van der Waals surface area contributed by atoms with Gasteiger partial charge < -0.3 is 36.4 Å². The summed E-state index contributed by atoms with van der Waals surface area (Å²) >= 11 is 0. The maximum absolute atomic E-state index is 11.9. The summed E-state index contributed by atoms with van der Waals surface area (Å²) in [4.78, 5) is 16.7. The Morgan fingerprint density at radius 3 is 2.58 bits per heavy atom. The zero-order valence-electron chi connectivity index (χ0n) is 10.6. The van der Waals surface area contributed by atoms with Gasteiger partial charge in [0.05, 0.1) is 12.6 Å². The summed E-state index contributed by atoms with van der Waals surface area (Å²) in [7, 11) is 1.55. The third-order valence-corrected chi connectivity index (χ3v) is 3.07. The largest absolute Gasteiger partial charge is 0.394 e. The van der Waals surface area contributed by atoms with E-state index in [-0.39, 0.29) is 19.0 Å². The van der Waals surface area contributed by atoms with E-state index in [0.29, 0.717) is 0 Å². The summed E-state index contributed by atoms with van der Waals surface area (Å²) in [5, 5.41) is 40.5. The number of hydrogen-bond acceptors (Lipinski definition) is 6. The van der Waals surface area contributed by atoms with Gasteiger partial charge in [0.2, 0.25) is 5.91 Å². The van der Waals surface area contributed by atoms with Gasteiger partial charge in [0, 0.05) is 13.6 Å². The molecule has 4 atom stereocenters. The Bertz CT molecular complexity index is 351. The van der Waals surface area contributed by atoms with Crippen LogP contribution in [0.15, 0.2) is 4.99 Å².